The first-order valence-corrected chi connectivity index (χ1v) is 7.82. The molecule has 1 aliphatic rings. The molecular weight excluding hydrogens is 314 g/mol. The van der Waals surface area contributed by atoms with E-state index < -0.39 is 0 Å². The van der Waals surface area contributed by atoms with Crippen molar-refractivity contribution in [3.63, 3.8) is 0 Å². The van der Waals surface area contributed by atoms with Gasteiger partial charge in [0.1, 0.15) is 0 Å². The van der Waals surface area contributed by atoms with Gasteiger partial charge in [0, 0.05) is 23.1 Å². The van der Waals surface area contributed by atoms with Crippen LogP contribution in [-0.2, 0) is 0 Å². The van der Waals surface area contributed by atoms with E-state index in [1.54, 1.807) is 0 Å². The molecule has 0 N–H and O–H groups in total. The number of benzene rings is 2. The summed E-state index contributed by atoms with van der Waals surface area (Å²) in [6, 6.07) is 12.4. The van der Waals surface area contributed by atoms with Crippen molar-refractivity contribution in [1.82, 2.24) is 4.90 Å². The Bertz CT molecular complexity index is 663. The summed E-state index contributed by atoms with van der Waals surface area (Å²) < 4.78 is 1.06. The SMILES string of the molecule is CC(C1CC1)N(C)C(=O)c1ccc2cc(Br)ccc2c1. The molecule has 104 valence electrons. The molecule has 20 heavy (non-hydrogen) atoms. The standard InChI is InChI=1S/C17H18BrNO/c1-11(12-3-4-12)19(2)17(20)15-6-5-14-10-16(18)8-7-13(14)9-15/h5-12H,3-4H2,1-2H3. The molecule has 1 aliphatic carbocycles. The van der Waals surface area contributed by atoms with Gasteiger partial charge < -0.3 is 4.90 Å². The quantitative estimate of drug-likeness (QED) is 0.812. The lowest BCUT2D eigenvalue weighted by Crippen LogP contribution is -2.36. The summed E-state index contributed by atoms with van der Waals surface area (Å²) in [5.41, 5.74) is 0.773. The van der Waals surface area contributed by atoms with Gasteiger partial charge in [-0.1, -0.05) is 28.1 Å². The van der Waals surface area contributed by atoms with Crippen molar-refractivity contribution in [2.45, 2.75) is 25.8 Å². The molecule has 0 saturated heterocycles. The molecule has 2 aromatic rings. The van der Waals surface area contributed by atoms with Crippen LogP contribution in [-0.4, -0.2) is 23.9 Å². The molecule has 3 rings (SSSR count). The fourth-order valence-corrected chi connectivity index (χ4v) is 3.01. The van der Waals surface area contributed by atoms with Crippen LogP contribution in [0.5, 0.6) is 0 Å². The third-order valence-electron chi connectivity index (χ3n) is 4.28. The number of hydrogen-bond acceptors (Lipinski definition) is 1. The van der Waals surface area contributed by atoms with Gasteiger partial charge in [-0.3, -0.25) is 4.79 Å². The molecule has 0 radical (unpaired) electrons. The van der Waals surface area contributed by atoms with Crippen molar-refractivity contribution in [2.75, 3.05) is 7.05 Å². The maximum absolute atomic E-state index is 12.5. The number of carbonyl (C=O) groups is 1. The highest BCUT2D eigenvalue weighted by molar-refractivity contribution is 9.10. The molecule has 1 fully saturated rings. The van der Waals surface area contributed by atoms with Crippen molar-refractivity contribution in [2.24, 2.45) is 5.92 Å². The van der Waals surface area contributed by atoms with E-state index in [1.807, 2.05) is 42.3 Å². The fraction of sp³-hybridized carbons (Fsp3) is 0.353. The van der Waals surface area contributed by atoms with Crippen LogP contribution >= 0.6 is 15.9 Å². The monoisotopic (exact) mass is 331 g/mol. The van der Waals surface area contributed by atoms with Crippen LogP contribution < -0.4 is 0 Å². The van der Waals surface area contributed by atoms with E-state index in [9.17, 15) is 4.79 Å². The Morgan fingerprint density at radius 2 is 1.85 bits per heavy atom. The Balaban J connectivity index is 1.89. The third kappa shape index (κ3) is 2.59. The molecule has 1 amide bonds. The van der Waals surface area contributed by atoms with Crippen molar-refractivity contribution in [1.29, 1.82) is 0 Å². The largest absolute Gasteiger partial charge is 0.339 e. The summed E-state index contributed by atoms with van der Waals surface area (Å²) in [6.07, 6.45) is 2.51. The maximum Gasteiger partial charge on any atom is 0.253 e. The van der Waals surface area contributed by atoms with E-state index in [1.165, 1.54) is 12.8 Å². The fourth-order valence-electron chi connectivity index (χ4n) is 2.63. The number of fused-ring (bicyclic) bond motifs is 1. The molecule has 2 nitrogen and oxygen atoms in total. The lowest BCUT2D eigenvalue weighted by Gasteiger charge is -2.25. The van der Waals surface area contributed by atoms with Crippen molar-refractivity contribution in [3.05, 3.63) is 46.4 Å². The zero-order valence-corrected chi connectivity index (χ0v) is 13.4. The summed E-state index contributed by atoms with van der Waals surface area (Å²) >= 11 is 3.47. The summed E-state index contributed by atoms with van der Waals surface area (Å²) in [5.74, 6) is 0.814. The number of amides is 1. The molecule has 2 aromatic carbocycles. The molecule has 0 heterocycles. The van der Waals surface area contributed by atoms with Gasteiger partial charge in [-0.05, 0) is 60.7 Å². The molecule has 0 spiro atoms. The predicted octanol–water partition coefficient (Wildman–Crippen LogP) is 4.47. The Labute approximate surface area is 127 Å². The maximum atomic E-state index is 12.5. The lowest BCUT2D eigenvalue weighted by atomic mass is 10.1. The van der Waals surface area contributed by atoms with Crippen LogP contribution in [0, 0.1) is 5.92 Å². The van der Waals surface area contributed by atoms with Gasteiger partial charge in [-0.25, -0.2) is 0 Å². The summed E-state index contributed by atoms with van der Waals surface area (Å²) in [4.78, 5) is 14.4. The highest BCUT2D eigenvalue weighted by Gasteiger charge is 2.32. The molecule has 1 saturated carbocycles. The van der Waals surface area contributed by atoms with Crippen molar-refractivity contribution >= 4 is 32.6 Å². The van der Waals surface area contributed by atoms with Gasteiger partial charge in [0.15, 0.2) is 0 Å². The minimum Gasteiger partial charge on any atom is -0.339 e. The van der Waals surface area contributed by atoms with Crippen LogP contribution in [0.15, 0.2) is 40.9 Å². The van der Waals surface area contributed by atoms with E-state index in [2.05, 4.69) is 28.9 Å². The van der Waals surface area contributed by atoms with E-state index in [-0.39, 0.29) is 5.91 Å². The summed E-state index contributed by atoms with van der Waals surface area (Å²) in [5, 5.41) is 2.25. The van der Waals surface area contributed by atoms with Gasteiger partial charge in [-0.2, -0.15) is 0 Å². The van der Waals surface area contributed by atoms with E-state index >= 15 is 0 Å². The number of halogens is 1. The van der Waals surface area contributed by atoms with Crippen LogP contribution in [0.1, 0.15) is 30.1 Å². The highest BCUT2D eigenvalue weighted by Crippen LogP contribution is 2.35. The zero-order chi connectivity index (χ0) is 14.3. The van der Waals surface area contributed by atoms with Crippen LogP contribution in [0.3, 0.4) is 0 Å². The average molecular weight is 332 g/mol. The molecule has 0 aliphatic heterocycles. The van der Waals surface area contributed by atoms with Gasteiger partial charge >= 0.3 is 0 Å². The molecule has 0 bridgehead atoms. The minimum atomic E-state index is 0.120. The van der Waals surface area contributed by atoms with Crippen molar-refractivity contribution in [3.8, 4) is 0 Å². The summed E-state index contributed by atoms with van der Waals surface area (Å²) in [6.45, 7) is 2.15. The van der Waals surface area contributed by atoms with Gasteiger partial charge in [0.2, 0.25) is 0 Å². The number of nitrogens with zero attached hydrogens (tertiary/aromatic N) is 1. The van der Waals surface area contributed by atoms with Crippen LogP contribution in [0.2, 0.25) is 0 Å². The van der Waals surface area contributed by atoms with Crippen molar-refractivity contribution < 1.29 is 4.79 Å². The normalized spacial score (nSPS) is 16.1. The Morgan fingerprint density at radius 3 is 2.55 bits per heavy atom. The number of hydrogen-bond donors (Lipinski definition) is 0. The number of carbonyl (C=O) groups excluding carboxylic acids is 1. The zero-order valence-electron chi connectivity index (χ0n) is 11.8. The second-order valence-corrected chi connectivity index (χ2v) is 6.62. The van der Waals surface area contributed by atoms with E-state index in [4.69, 9.17) is 0 Å². The van der Waals surface area contributed by atoms with Gasteiger partial charge in [-0.15, -0.1) is 0 Å². The molecule has 3 heteroatoms. The van der Waals surface area contributed by atoms with E-state index in [0.717, 1.165) is 20.8 Å². The smallest absolute Gasteiger partial charge is 0.253 e. The topological polar surface area (TPSA) is 20.3 Å². The molecule has 1 unspecified atom stereocenters. The Kier molecular flexibility index (Phi) is 3.55. The highest BCUT2D eigenvalue weighted by atomic mass is 79.9. The third-order valence-corrected chi connectivity index (χ3v) is 4.78. The Hall–Kier alpha value is -1.35. The van der Waals surface area contributed by atoms with Gasteiger partial charge in [0.05, 0.1) is 0 Å². The average Bonchev–Trinajstić information content (AvgIpc) is 3.29. The molecule has 1 atom stereocenters. The lowest BCUT2D eigenvalue weighted by molar-refractivity contribution is 0.0727. The first kappa shape index (κ1) is 13.6. The van der Waals surface area contributed by atoms with Crippen LogP contribution in [0.25, 0.3) is 10.8 Å². The predicted molar refractivity (Wildman–Crippen MR) is 85.9 cm³/mol. The second kappa shape index (κ2) is 5.21. The second-order valence-electron chi connectivity index (χ2n) is 5.70. The first-order chi connectivity index (χ1) is 9.56. The first-order valence-electron chi connectivity index (χ1n) is 7.03. The molecule has 0 aromatic heterocycles. The number of rotatable bonds is 3. The van der Waals surface area contributed by atoms with Gasteiger partial charge in [0.25, 0.3) is 5.91 Å². The Morgan fingerprint density at radius 1 is 1.20 bits per heavy atom. The summed E-state index contributed by atoms with van der Waals surface area (Å²) in [7, 11) is 1.91. The molecular formula is C17H18BrNO. The van der Waals surface area contributed by atoms with Crippen LogP contribution in [0.4, 0.5) is 0 Å². The minimum absolute atomic E-state index is 0.120. The van der Waals surface area contributed by atoms with E-state index in [0.29, 0.717) is 12.0 Å².